The molecule has 1 aromatic heterocycles. The van der Waals surface area contributed by atoms with Crippen molar-refractivity contribution in [3.05, 3.63) is 95.7 Å². The number of aromatic nitrogens is 1. The number of rotatable bonds is 6. The number of hydrogen-bond donors (Lipinski definition) is 0. The van der Waals surface area contributed by atoms with Crippen molar-refractivity contribution in [2.45, 2.75) is 36.6 Å². The first kappa shape index (κ1) is 24.5. The van der Waals surface area contributed by atoms with Gasteiger partial charge in [-0.15, -0.1) is 0 Å². The normalized spacial score (nSPS) is 16.3. The van der Waals surface area contributed by atoms with Gasteiger partial charge in [-0.3, -0.25) is 0 Å². The fourth-order valence-electron chi connectivity index (χ4n) is 5.06. The Balaban J connectivity index is 1.58. The van der Waals surface area contributed by atoms with E-state index in [9.17, 15) is 17.2 Å². The van der Waals surface area contributed by atoms with Gasteiger partial charge in [0.25, 0.3) is 0 Å². The molecule has 0 N–H and O–H groups in total. The Morgan fingerprint density at radius 2 is 1.61 bits per heavy atom. The molecule has 1 atom stereocenters. The molecule has 0 bridgehead atoms. The quantitative estimate of drug-likeness (QED) is 0.294. The molecular formula is C28H28F2N2O3S. The molecule has 1 fully saturated rings. The molecular weight excluding hydrogens is 482 g/mol. The number of likely N-dealkylation sites (tertiary alicyclic amines) is 1. The summed E-state index contributed by atoms with van der Waals surface area (Å²) >= 11 is 0. The minimum absolute atomic E-state index is 0.0180. The third-order valence-electron chi connectivity index (χ3n) is 7.07. The lowest BCUT2D eigenvalue weighted by Gasteiger charge is -2.28. The molecule has 3 aromatic carbocycles. The maximum absolute atomic E-state index is 14.2. The lowest BCUT2D eigenvalue weighted by Crippen LogP contribution is -2.29. The Bertz CT molecular complexity index is 1470. The topological polar surface area (TPSA) is 51.5 Å². The van der Waals surface area contributed by atoms with Gasteiger partial charge in [0.2, 0.25) is 0 Å². The van der Waals surface area contributed by atoms with E-state index in [1.54, 1.807) is 6.07 Å². The molecule has 0 amide bonds. The van der Waals surface area contributed by atoms with Crippen molar-refractivity contribution in [2.75, 3.05) is 20.1 Å². The Hall–Kier alpha value is -3.23. The van der Waals surface area contributed by atoms with Crippen LogP contribution in [-0.2, 0) is 10.1 Å². The summed E-state index contributed by atoms with van der Waals surface area (Å²) in [5, 5.41) is 0.883. The third-order valence-corrected chi connectivity index (χ3v) is 8.37. The van der Waals surface area contributed by atoms with Crippen molar-refractivity contribution in [1.29, 1.82) is 0 Å². The summed E-state index contributed by atoms with van der Waals surface area (Å²) in [5.41, 5.74) is 3.23. The molecule has 0 aliphatic carbocycles. The average molecular weight is 511 g/mol. The fraction of sp³-hybridized carbons (Fsp3) is 0.286. The highest BCUT2D eigenvalue weighted by atomic mass is 32.2. The zero-order chi connectivity index (χ0) is 25.4. The van der Waals surface area contributed by atoms with Crippen LogP contribution in [0.5, 0.6) is 5.75 Å². The molecule has 1 aliphatic heterocycles. The van der Waals surface area contributed by atoms with E-state index in [0.717, 1.165) is 66.2 Å². The molecule has 5 rings (SSSR count). The Morgan fingerprint density at radius 1 is 0.944 bits per heavy atom. The number of hydrogen-bond acceptors (Lipinski definition) is 4. The van der Waals surface area contributed by atoms with Gasteiger partial charge in [0.15, 0.2) is 4.90 Å². The number of nitrogens with zero attached hydrogens (tertiary/aromatic N) is 2. The summed E-state index contributed by atoms with van der Waals surface area (Å²) in [6.07, 6.45) is 4.13. The summed E-state index contributed by atoms with van der Waals surface area (Å²) in [6, 6.07) is 18.1. The van der Waals surface area contributed by atoms with Crippen LogP contribution in [0.1, 0.15) is 42.9 Å². The first-order chi connectivity index (χ1) is 17.2. The highest BCUT2D eigenvalue weighted by molar-refractivity contribution is 7.87. The SMILES string of the molecule is CC(c1ccccc1)n1cc(C2CCN(C)CC2)c2cc(OS(=O)(=O)c3c(F)cccc3F)ccc21. The van der Waals surface area contributed by atoms with Crippen molar-refractivity contribution in [1.82, 2.24) is 9.47 Å². The van der Waals surface area contributed by atoms with Crippen LogP contribution in [0.25, 0.3) is 10.9 Å². The summed E-state index contributed by atoms with van der Waals surface area (Å²) in [6.45, 7) is 4.08. The van der Waals surface area contributed by atoms with Gasteiger partial charge in [-0.1, -0.05) is 36.4 Å². The largest absolute Gasteiger partial charge is 0.379 e. The molecule has 0 saturated carbocycles. The van der Waals surface area contributed by atoms with Crippen molar-refractivity contribution in [3.8, 4) is 5.75 Å². The van der Waals surface area contributed by atoms with Gasteiger partial charge in [-0.05, 0) is 87.3 Å². The first-order valence-electron chi connectivity index (χ1n) is 12.0. The minimum Gasteiger partial charge on any atom is -0.379 e. The summed E-state index contributed by atoms with van der Waals surface area (Å²) in [5.74, 6) is -2.05. The van der Waals surface area contributed by atoms with Crippen molar-refractivity contribution in [2.24, 2.45) is 0 Å². The second kappa shape index (κ2) is 9.67. The van der Waals surface area contributed by atoms with Gasteiger partial charge in [-0.2, -0.15) is 8.42 Å². The van der Waals surface area contributed by atoms with Crippen molar-refractivity contribution in [3.63, 3.8) is 0 Å². The number of benzene rings is 3. The van der Waals surface area contributed by atoms with Crippen LogP contribution in [0.15, 0.2) is 77.8 Å². The molecule has 4 aromatic rings. The van der Waals surface area contributed by atoms with Crippen LogP contribution < -0.4 is 4.18 Å². The van der Waals surface area contributed by atoms with Gasteiger partial charge in [0.05, 0.1) is 6.04 Å². The minimum atomic E-state index is -4.70. The van der Waals surface area contributed by atoms with Crippen LogP contribution in [0.4, 0.5) is 8.78 Å². The van der Waals surface area contributed by atoms with E-state index in [4.69, 9.17) is 4.18 Å². The predicted molar refractivity (Wildman–Crippen MR) is 136 cm³/mol. The van der Waals surface area contributed by atoms with E-state index < -0.39 is 26.6 Å². The van der Waals surface area contributed by atoms with Gasteiger partial charge in [0, 0.05) is 17.1 Å². The first-order valence-corrected chi connectivity index (χ1v) is 13.4. The molecule has 36 heavy (non-hydrogen) atoms. The smallest absolute Gasteiger partial charge is 0.345 e. The molecule has 2 heterocycles. The molecule has 1 unspecified atom stereocenters. The lowest BCUT2D eigenvalue weighted by atomic mass is 9.89. The van der Waals surface area contributed by atoms with E-state index >= 15 is 0 Å². The van der Waals surface area contributed by atoms with Crippen molar-refractivity contribution < 1.29 is 21.4 Å². The van der Waals surface area contributed by atoms with E-state index in [1.807, 2.05) is 24.3 Å². The van der Waals surface area contributed by atoms with Gasteiger partial charge in [-0.25, -0.2) is 8.78 Å². The van der Waals surface area contributed by atoms with E-state index in [1.165, 1.54) is 6.07 Å². The monoisotopic (exact) mass is 510 g/mol. The van der Waals surface area contributed by atoms with Gasteiger partial charge < -0.3 is 13.7 Å². The van der Waals surface area contributed by atoms with Crippen LogP contribution in [0.2, 0.25) is 0 Å². The third kappa shape index (κ3) is 4.63. The number of piperidine rings is 1. The summed E-state index contributed by atoms with van der Waals surface area (Å²) < 4.78 is 61.4. The molecule has 8 heteroatoms. The average Bonchev–Trinajstić information content (AvgIpc) is 3.23. The molecule has 0 spiro atoms. The molecule has 1 saturated heterocycles. The van der Waals surface area contributed by atoms with Crippen LogP contribution in [0, 0.1) is 11.6 Å². The molecule has 0 radical (unpaired) electrons. The number of fused-ring (bicyclic) bond motifs is 1. The standard InChI is InChI=1S/C28H28F2N2O3S/c1-19(20-7-4-3-5-8-20)32-18-24(21-13-15-31(2)16-14-21)23-17-22(11-12-27(23)32)35-36(33,34)28-25(29)9-6-10-26(28)30/h3-12,17-19,21H,13-16H2,1-2H3. The molecule has 188 valence electrons. The number of halogens is 2. The zero-order valence-electron chi connectivity index (χ0n) is 20.2. The Labute approximate surface area is 210 Å². The fourth-order valence-corrected chi connectivity index (χ4v) is 6.11. The van der Waals surface area contributed by atoms with Crippen LogP contribution >= 0.6 is 0 Å². The Kier molecular flexibility index (Phi) is 6.57. The highest BCUT2D eigenvalue weighted by Gasteiger charge is 2.28. The predicted octanol–water partition coefficient (Wildman–Crippen LogP) is 6.11. The molecule has 5 nitrogen and oxygen atoms in total. The van der Waals surface area contributed by atoms with Crippen molar-refractivity contribution >= 4 is 21.0 Å². The maximum Gasteiger partial charge on any atom is 0.345 e. The zero-order valence-corrected chi connectivity index (χ0v) is 21.0. The van der Waals surface area contributed by atoms with Crippen LogP contribution in [-0.4, -0.2) is 38.0 Å². The molecule has 1 aliphatic rings. The second-order valence-electron chi connectivity index (χ2n) is 9.42. The lowest BCUT2D eigenvalue weighted by molar-refractivity contribution is 0.256. The van der Waals surface area contributed by atoms with E-state index in [2.05, 4.69) is 41.8 Å². The summed E-state index contributed by atoms with van der Waals surface area (Å²) in [7, 11) is -2.60. The maximum atomic E-state index is 14.2. The van der Waals surface area contributed by atoms with Gasteiger partial charge >= 0.3 is 10.1 Å². The van der Waals surface area contributed by atoms with E-state index in [-0.39, 0.29) is 11.8 Å². The van der Waals surface area contributed by atoms with Crippen LogP contribution in [0.3, 0.4) is 0 Å². The summed E-state index contributed by atoms with van der Waals surface area (Å²) in [4.78, 5) is 1.21. The van der Waals surface area contributed by atoms with E-state index in [0.29, 0.717) is 5.92 Å². The Morgan fingerprint density at radius 3 is 2.28 bits per heavy atom. The van der Waals surface area contributed by atoms with Gasteiger partial charge in [0.1, 0.15) is 17.4 Å². The second-order valence-corrected chi connectivity index (χ2v) is 10.9. The highest BCUT2D eigenvalue weighted by Crippen LogP contribution is 2.38.